The highest BCUT2D eigenvalue weighted by Gasteiger charge is 2.44. The number of nitrogens with zero attached hydrogens (tertiary/aromatic N) is 1. The Labute approximate surface area is 136 Å². The minimum Gasteiger partial charge on any atom is -0.459 e. The lowest BCUT2D eigenvalue weighted by Gasteiger charge is -2.38. The van der Waals surface area contributed by atoms with Crippen LogP contribution in [0.1, 0.15) is 27.2 Å². The second-order valence-corrected chi connectivity index (χ2v) is 6.95. The number of nitrogens with one attached hydrogen (secondary N) is 1. The van der Waals surface area contributed by atoms with Crippen LogP contribution in [0.5, 0.6) is 0 Å². The van der Waals surface area contributed by atoms with E-state index in [9.17, 15) is 9.90 Å². The molecular formula is C18H22N2O3. The number of aliphatic hydroxyl groups is 1. The third-order valence-corrected chi connectivity index (χ3v) is 4.06. The Bertz CT molecular complexity index is 677. The second kappa shape index (κ2) is 5.49. The number of aliphatic imine (C=N–C) groups is 1. The van der Waals surface area contributed by atoms with Gasteiger partial charge in [0, 0.05) is 19.0 Å². The molecule has 23 heavy (non-hydrogen) atoms. The van der Waals surface area contributed by atoms with Crippen LogP contribution in [-0.4, -0.2) is 35.0 Å². The molecule has 0 saturated carbocycles. The summed E-state index contributed by atoms with van der Waals surface area (Å²) in [4.78, 5) is 16.8. The molecule has 0 aromatic carbocycles. The lowest BCUT2D eigenvalue weighted by atomic mass is 9.73. The van der Waals surface area contributed by atoms with Crippen LogP contribution < -0.4 is 5.32 Å². The molecular weight excluding hydrogens is 292 g/mol. The number of hydrogen-bond donors (Lipinski definition) is 2. The molecule has 5 nitrogen and oxygen atoms in total. The number of aliphatic hydroxyl groups excluding tert-OH is 1. The Balaban J connectivity index is 1.98. The summed E-state index contributed by atoms with van der Waals surface area (Å²) in [5.41, 5.74) is 1.85. The topological polar surface area (TPSA) is 70.9 Å². The van der Waals surface area contributed by atoms with E-state index >= 15 is 0 Å². The highest BCUT2D eigenvalue weighted by molar-refractivity contribution is 5.91. The van der Waals surface area contributed by atoms with E-state index in [1.165, 1.54) is 0 Å². The molecule has 3 aliphatic rings. The van der Waals surface area contributed by atoms with Crippen LogP contribution in [0.2, 0.25) is 0 Å². The van der Waals surface area contributed by atoms with E-state index in [0.717, 1.165) is 16.7 Å². The predicted octanol–water partition coefficient (Wildman–Crippen LogP) is 2.02. The quantitative estimate of drug-likeness (QED) is 0.782. The van der Waals surface area contributed by atoms with E-state index in [2.05, 4.69) is 10.3 Å². The number of esters is 1. The number of hydrogen-bond acceptors (Lipinski definition) is 5. The smallest absolute Gasteiger partial charge is 0.317 e. The third-order valence-electron chi connectivity index (χ3n) is 4.06. The third kappa shape index (κ3) is 2.77. The zero-order valence-corrected chi connectivity index (χ0v) is 13.7. The van der Waals surface area contributed by atoms with Gasteiger partial charge >= 0.3 is 5.97 Å². The van der Waals surface area contributed by atoms with Gasteiger partial charge in [-0.2, -0.15) is 0 Å². The van der Waals surface area contributed by atoms with Gasteiger partial charge in [0.25, 0.3) is 0 Å². The highest BCUT2D eigenvalue weighted by Crippen LogP contribution is 2.42. The SMILES string of the molecule is CC(C)(C)OC(=O)C1C=C2C=CNC23C=NC=C(CCO)C3=C1. The molecule has 5 heteroatoms. The Morgan fingerprint density at radius 2 is 2.22 bits per heavy atom. The molecule has 0 amide bonds. The summed E-state index contributed by atoms with van der Waals surface area (Å²) in [7, 11) is 0. The monoisotopic (exact) mass is 314 g/mol. The summed E-state index contributed by atoms with van der Waals surface area (Å²) in [5.74, 6) is -0.706. The van der Waals surface area contributed by atoms with Gasteiger partial charge in [0.2, 0.25) is 0 Å². The van der Waals surface area contributed by atoms with Crippen molar-refractivity contribution in [1.29, 1.82) is 0 Å². The Morgan fingerprint density at radius 1 is 1.43 bits per heavy atom. The highest BCUT2D eigenvalue weighted by atomic mass is 16.6. The minimum absolute atomic E-state index is 0.0400. The van der Waals surface area contributed by atoms with Crippen molar-refractivity contribution in [2.45, 2.75) is 38.3 Å². The molecule has 0 fully saturated rings. The number of rotatable bonds is 3. The first-order chi connectivity index (χ1) is 10.9. The van der Waals surface area contributed by atoms with Crippen LogP contribution in [-0.2, 0) is 9.53 Å². The van der Waals surface area contributed by atoms with E-state index in [0.29, 0.717) is 6.42 Å². The van der Waals surface area contributed by atoms with Crippen LogP contribution in [0.3, 0.4) is 0 Å². The van der Waals surface area contributed by atoms with Gasteiger partial charge in [-0.25, -0.2) is 0 Å². The summed E-state index contributed by atoms with van der Waals surface area (Å²) in [6.45, 7) is 5.62. The van der Waals surface area contributed by atoms with Crippen LogP contribution in [0.25, 0.3) is 0 Å². The van der Waals surface area contributed by atoms with Crippen molar-refractivity contribution < 1.29 is 14.6 Å². The van der Waals surface area contributed by atoms with Crippen molar-refractivity contribution in [3.63, 3.8) is 0 Å². The van der Waals surface area contributed by atoms with Gasteiger partial charge in [-0.1, -0.05) is 12.2 Å². The first-order valence-electron chi connectivity index (χ1n) is 7.82. The normalized spacial score (nSPS) is 28.2. The molecule has 0 radical (unpaired) electrons. The molecule has 2 N–H and O–H groups in total. The first-order valence-corrected chi connectivity index (χ1v) is 7.82. The van der Waals surface area contributed by atoms with E-state index in [1.54, 1.807) is 6.20 Å². The Hall–Kier alpha value is -2.14. The van der Waals surface area contributed by atoms with E-state index in [1.807, 2.05) is 51.4 Å². The van der Waals surface area contributed by atoms with Crippen LogP contribution in [0, 0.1) is 5.92 Å². The van der Waals surface area contributed by atoms with Crippen molar-refractivity contribution in [3.05, 3.63) is 47.3 Å². The number of ether oxygens (including phenoxy) is 1. The fourth-order valence-electron chi connectivity index (χ4n) is 3.13. The van der Waals surface area contributed by atoms with E-state index in [-0.39, 0.29) is 12.6 Å². The maximum absolute atomic E-state index is 12.5. The lowest BCUT2D eigenvalue weighted by Crippen LogP contribution is -2.48. The van der Waals surface area contributed by atoms with Crippen LogP contribution in [0.15, 0.2) is 52.3 Å². The zero-order chi connectivity index (χ0) is 16.7. The largest absolute Gasteiger partial charge is 0.459 e. The molecule has 2 atom stereocenters. The lowest BCUT2D eigenvalue weighted by molar-refractivity contribution is -0.156. The maximum Gasteiger partial charge on any atom is 0.317 e. The maximum atomic E-state index is 12.5. The molecule has 2 unspecified atom stereocenters. The summed E-state index contributed by atoms with van der Waals surface area (Å²) in [6.07, 6.45) is 11.8. The van der Waals surface area contributed by atoms with Crippen molar-refractivity contribution >= 4 is 12.2 Å². The van der Waals surface area contributed by atoms with Gasteiger partial charge in [0.15, 0.2) is 0 Å². The molecule has 122 valence electrons. The fourth-order valence-corrected chi connectivity index (χ4v) is 3.13. The summed E-state index contributed by atoms with van der Waals surface area (Å²) < 4.78 is 5.52. The molecule has 2 aliphatic heterocycles. The molecule has 1 spiro atoms. The molecule has 1 aliphatic carbocycles. The van der Waals surface area contributed by atoms with Gasteiger partial charge in [0.05, 0.1) is 5.92 Å². The molecule has 0 saturated heterocycles. The van der Waals surface area contributed by atoms with Crippen molar-refractivity contribution in [2.75, 3.05) is 6.61 Å². The van der Waals surface area contributed by atoms with Gasteiger partial charge in [-0.3, -0.25) is 9.79 Å². The van der Waals surface area contributed by atoms with Crippen molar-refractivity contribution in [1.82, 2.24) is 5.32 Å². The standard InChI is InChI=1S/C18H22N2O3/c1-17(2,3)23-16(22)13-8-14-4-6-20-18(14)11-19-10-12(5-7-21)15(18)9-13/h4,6,8-11,13,20-21H,5,7H2,1-3H3. The minimum atomic E-state index is -0.524. The average molecular weight is 314 g/mol. The molecule has 2 heterocycles. The molecule has 3 rings (SSSR count). The van der Waals surface area contributed by atoms with Crippen LogP contribution in [0.4, 0.5) is 0 Å². The average Bonchev–Trinajstić information content (AvgIpc) is 2.87. The van der Waals surface area contributed by atoms with Gasteiger partial charge < -0.3 is 15.2 Å². The molecule has 0 aromatic rings. The number of carbonyl (C=O) groups is 1. The second-order valence-electron chi connectivity index (χ2n) is 6.95. The molecule has 0 bridgehead atoms. The summed E-state index contributed by atoms with van der Waals surface area (Å²) in [6, 6.07) is 0. The zero-order valence-electron chi connectivity index (χ0n) is 13.7. The number of carbonyl (C=O) groups excluding carboxylic acids is 1. The van der Waals surface area contributed by atoms with Crippen molar-refractivity contribution in [2.24, 2.45) is 10.9 Å². The van der Waals surface area contributed by atoms with Gasteiger partial charge in [0.1, 0.15) is 11.1 Å². The summed E-state index contributed by atoms with van der Waals surface area (Å²) in [5, 5.41) is 12.6. The van der Waals surface area contributed by atoms with E-state index < -0.39 is 17.1 Å². The Morgan fingerprint density at radius 3 is 2.91 bits per heavy atom. The molecule has 0 aromatic heterocycles. The predicted molar refractivity (Wildman–Crippen MR) is 88.8 cm³/mol. The Kier molecular flexibility index (Phi) is 3.76. The summed E-state index contributed by atoms with van der Waals surface area (Å²) >= 11 is 0. The van der Waals surface area contributed by atoms with Gasteiger partial charge in [-0.05, 0) is 56.2 Å². The van der Waals surface area contributed by atoms with E-state index in [4.69, 9.17) is 4.74 Å². The van der Waals surface area contributed by atoms with Crippen LogP contribution >= 0.6 is 0 Å². The van der Waals surface area contributed by atoms with Gasteiger partial charge in [-0.15, -0.1) is 0 Å². The van der Waals surface area contributed by atoms with Crippen molar-refractivity contribution in [3.8, 4) is 0 Å². The fraction of sp³-hybridized carbons (Fsp3) is 0.444. The first kappa shape index (κ1) is 15.7.